The summed E-state index contributed by atoms with van der Waals surface area (Å²) in [6.45, 7) is 6.19. The second-order valence-electron chi connectivity index (χ2n) is 8.42. The zero-order chi connectivity index (χ0) is 22.2. The topological polar surface area (TPSA) is 108 Å². The third kappa shape index (κ3) is 3.74. The molecule has 0 aliphatic carbocycles. The molecule has 0 amide bonds. The number of carbonyl (C=O) groups is 1. The number of aromatic nitrogens is 5. The first kappa shape index (κ1) is 20.3. The second-order valence-corrected chi connectivity index (χ2v) is 8.42. The second kappa shape index (κ2) is 8.14. The molecule has 1 fully saturated rings. The van der Waals surface area contributed by atoms with Crippen LogP contribution in [-0.4, -0.2) is 55.6 Å². The molecule has 1 N–H and O–H groups in total. The van der Waals surface area contributed by atoms with Gasteiger partial charge in [0.05, 0.1) is 17.7 Å². The molecular formula is C23H25N7O2. The highest BCUT2D eigenvalue weighted by Gasteiger charge is 2.31. The van der Waals surface area contributed by atoms with E-state index in [2.05, 4.69) is 44.7 Å². The van der Waals surface area contributed by atoms with E-state index < -0.39 is 5.97 Å². The van der Waals surface area contributed by atoms with E-state index in [1.807, 2.05) is 12.3 Å². The van der Waals surface area contributed by atoms with Gasteiger partial charge in [0.15, 0.2) is 11.6 Å². The fourth-order valence-corrected chi connectivity index (χ4v) is 4.51. The molecular weight excluding hydrogens is 406 g/mol. The maximum atomic E-state index is 11.4. The van der Waals surface area contributed by atoms with Crippen LogP contribution in [0.5, 0.6) is 0 Å². The van der Waals surface area contributed by atoms with Crippen LogP contribution >= 0.6 is 0 Å². The number of anilines is 2. The predicted molar refractivity (Wildman–Crippen MR) is 119 cm³/mol. The number of nitrogens with zero attached hydrogens (tertiary/aromatic N) is 7. The summed E-state index contributed by atoms with van der Waals surface area (Å²) in [5.41, 5.74) is 3.20. The van der Waals surface area contributed by atoms with Crippen molar-refractivity contribution in [3.8, 4) is 11.6 Å². The predicted octanol–water partition coefficient (Wildman–Crippen LogP) is 2.67. The number of hydrogen-bond donors (Lipinski definition) is 1. The summed E-state index contributed by atoms with van der Waals surface area (Å²) < 4.78 is 0. The standard InChI is InChI=1S/C23H25N7O2/c1-14-10-19(29-8-4-16(13-29)23(31)32)28-20(11-14)30-9-5-18-17(15(30)2)12-26-22(27-18)21-24-6-3-7-25-21/h3,6-7,10-12,15-16H,4-5,8-9,13H2,1-2H3,(H,31,32). The molecule has 164 valence electrons. The van der Waals surface area contributed by atoms with Gasteiger partial charge in [-0.05, 0) is 44.0 Å². The van der Waals surface area contributed by atoms with Crippen LogP contribution in [0.15, 0.2) is 36.8 Å². The fourth-order valence-electron chi connectivity index (χ4n) is 4.51. The van der Waals surface area contributed by atoms with Crippen LogP contribution < -0.4 is 9.80 Å². The van der Waals surface area contributed by atoms with Gasteiger partial charge >= 0.3 is 5.97 Å². The Kier molecular flexibility index (Phi) is 5.16. The number of hydrogen-bond acceptors (Lipinski definition) is 8. The van der Waals surface area contributed by atoms with Gasteiger partial charge < -0.3 is 14.9 Å². The summed E-state index contributed by atoms with van der Waals surface area (Å²) in [6, 6.07) is 5.96. The lowest BCUT2D eigenvalue weighted by molar-refractivity contribution is -0.140. The number of carboxylic acids is 1. The first-order chi connectivity index (χ1) is 15.5. The number of aryl methyl sites for hydroxylation is 1. The zero-order valence-corrected chi connectivity index (χ0v) is 18.1. The Morgan fingerprint density at radius 3 is 2.59 bits per heavy atom. The van der Waals surface area contributed by atoms with Crippen molar-refractivity contribution in [3.63, 3.8) is 0 Å². The molecule has 0 radical (unpaired) electrons. The summed E-state index contributed by atoms with van der Waals surface area (Å²) >= 11 is 0. The van der Waals surface area contributed by atoms with Crippen molar-refractivity contribution in [2.75, 3.05) is 29.4 Å². The lowest BCUT2D eigenvalue weighted by Gasteiger charge is -2.36. The van der Waals surface area contributed by atoms with Crippen molar-refractivity contribution in [2.24, 2.45) is 5.92 Å². The summed E-state index contributed by atoms with van der Waals surface area (Å²) in [5.74, 6) is 1.74. The number of aliphatic carboxylic acids is 1. The first-order valence-electron chi connectivity index (χ1n) is 10.9. The van der Waals surface area contributed by atoms with Gasteiger partial charge in [0.25, 0.3) is 0 Å². The summed E-state index contributed by atoms with van der Waals surface area (Å²) in [4.78, 5) is 38.4. The Bertz CT molecular complexity index is 1150. The van der Waals surface area contributed by atoms with Crippen molar-refractivity contribution in [1.82, 2.24) is 24.9 Å². The third-order valence-electron chi connectivity index (χ3n) is 6.27. The van der Waals surface area contributed by atoms with E-state index in [1.54, 1.807) is 18.5 Å². The van der Waals surface area contributed by atoms with Crippen LogP contribution in [0.4, 0.5) is 11.6 Å². The van der Waals surface area contributed by atoms with Gasteiger partial charge in [-0.2, -0.15) is 0 Å². The summed E-state index contributed by atoms with van der Waals surface area (Å²) in [7, 11) is 0. The normalized spacial score (nSPS) is 20.3. The molecule has 0 spiro atoms. The van der Waals surface area contributed by atoms with E-state index in [0.717, 1.165) is 41.4 Å². The minimum absolute atomic E-state index is 0.0667. The van der Waals surface area contributed by atoms with Gasteiger partial charge in [-0.15, -0.1) is 0 Å². The van der Waals surface area contributed by atoms with E-state index in [4.69, 9.17) is 9.97 Å². The maximum Gasteiger partial charge on any atom is 0.308 e. The van der Waals surface area contributed by atoms with E-state index in [-0.39, 0.29) is 12.0 Å². The molecule has 2 aliphatic heterocycles. The molecule has 1 saturated heterocycles. The lowest BCUT2D eigenvalue weighted by atomic mass is 9.99. The molecule has 0 bridgehead atoms. The van der Waals surface area contributed by atoms with Crippen molar-refractivity contribution >= 4 is 17.6 Å². The van der Waals surface area contributed by atoms with Crippen molar-refractivity contribution < 1.29 is 9.90 Å². The smallest absolute Gasteiger partial charge is 0.308 e. The minimum atomic E-state index is -0.734. The number of fused-ring (bicyclic) bond motifs is 1. The highest BCUT2D eigenvalue weighted by Crippen LogP contribution is 2.34. The Labute approximate surface area is 186 Å². The Hall–Kier alpha value is -3.62. The van der Waals surface area contributed by atoms with Crippen molar-refractivity contribution in [3.05, 3.63) is 53.6 Å². The van der Waals surface area contributed by atoms with Crippen molar-refractivity contribution in [2.45, 2.75) is 32.7 Å². The molecule has 9 heteroatoms. The van der Waals surface area contributed by atoms with Crippen LogP contribution in [0, 0.1) is 12.8 Å². The van der Waals surface area contributed by atoms with Crippen LogP contribution in [0.3, 0.4) is 0 Å². The fraction of sp³-hybridized carbons (Fsp3) is 0.391. The highest BCUT2D eigenvalue weighted by molar-refractivity contribution is 5.72. The summed E-state index contributed by atoms with van der Waals surface area (Å²) in [6.07, 6.45) is 6.68. The van der Waals surface area contributed by atoms with Gasteiger partial charge in [-0.3, -0.25) is 4.79 Å². The third-order valence-corrected chi connectivity index (χ3v) is 6.27. The van der Waals surface area contributed by atoms with E-state index >= 15 is 0 Å². The number of rotatable bonds is 4. The van der Waals surface area contributed by atoms with Gasteiger partial charge in [0.2, 0.25) is 0 Å². The Morgan fingerprint density at radius 1 is 1.06 bits per heavy atom. The van der Waals surface area contributed by atoms with Crippen LogP contribution in [0.1, 0.15) is 36.2 Å². The largest absolute Gasteiger partial charge is 0.481 e. The molecule has 3 aromatic heterocycles. The Morgan fingerprint density at radius 2 is 1.84 bits per heavy atom. The average Bonchev–Trinajstić information content (AvgIpc) is 3.30. The van der Waals surface area contributed by atoms with Crippen molar-refractivity contribution in [1.29, 1.82) is 0 Å². The molecule has 32 heavy (non-hydrogen) atoms. The molecule has 5 heterocycles. The quantitative estimate of drug-likeness (QED) is 0.667. The lowest BCUT2D eigenvalue weighted by Crippen LogP contribution is -2.35. The van der Waals surface area contributed by atoms with E-state index in [9.17, 15) is 9.90 Å². The number of pyridine rings is 1. The average molecular weight is 432 g/mol. The zero-order valence-electron chi connectivity index (χ0n) is 18.1. The van der Waals surface area contributed by atoms with Gasteiger partial charge in [0.1, 0.15) is 11.6 Å². The van der Waals surface area contributed by atoms with Crippen LogP contribution in [0.2, 0.25) is 0 Å². The van der Waals surface area contributed by atoms with Gasteiger partial charge in [0, 0.05) is 50.2 Å². The molecule has 9 nitrogen and oxygen atoms in total. The number of carboxylic acid groups (broad SMARTS) is 1. The van der Waals surface area contributed by atoms with Gasteiger partial charge in [-0.1, -0.05) is 0 Å². The van der Waals surface area contributed by atoms with Crippen LogP contribution in [-0.2, 0) is 11.2 Å². The molecule has 2 aliphatic rings. The SMILES string of the molecule is Cc1cc(N2CCC(C(=O)O)C2)nc(N2CCc3nc(-c4ncccn4)ncc3C2C)c1. The molecule has 5 rings (SSSR count). The molecule has 0 saturated carbocycles. The van der Waals surface area contributed by atoms with E-state index in [1.165, 1.54) is 0 Å². The molecule has 0 aromatic carbocycles. The monoisotopic (exact) mass is 431 g/mol. The van der Waals surface area contributed by atoms with E-state index in [0.29, 0.717) is 31.2 Å². The Balaban J connectivity index is 1.41. The summed E-state index contributed by atoms with van der Waals surface area (Å²) in [5, 5.41) is 9.34. The van der Waals surface area contributed by atoms with Gasteiger partial charge in [-0.25, -0.2) is 24.9 Å². The molecule has 3 aromatic rings. The van der Waals surface area contributed by atoms with Crippen LogP contribution in [0.25, 0.3) is 11.6 Å². The highest BCUT2D eigenvalue weighted by atomic mass is 16.4. The first-order valence-corrected chi connectivity index (χ1v) is 10.9. The maximum absolute atomic E-state index is 11.4. The molecule has 2 unspecified atom stereocenters. The molecule has 2 atom stereocenters. The minimum Gasteiger partial charge on any atom is -0.481 e.